The van der Waals surface area contributed by atoms with Gasteiger partial charge in [-0.2, -0.15) is 0 Å². The molecule has 4 heteroatoms. The third-order valence-electron chi connectivity index (χ3n) is 3.59. The molecule has 3 rings (SSSR count). The van der Waals surface area contributed by atoms with Crippen LogP contribution in [0.5, 0.6) is 0 Å². The number of fused-ring (bicyclic) bond motifs is 1. The summed E-state index contributed by atoms with van der Waals surface area (Å²) in [6.07, 6.45) is 2.51. The summed E-state index contributed by atoms with van der Waals surface area (Å²) in [5, 5.41) is 12.9. The average Bonchev–Trinajstić information content (AvgIpc) is 3.17. The molecule has 0 radical (unpaired) electrons. The predicted molar refractivity (Wildman–Crippen MR) is 69.4 cm³/mol. The molecule has 1 saturated carbocycles. The number of aliphatic hydroxyl groups excluding tert-OH is 1. The van der Waals surface area contributed by atoms with Gasteiger partial charge >= 0.3 is 0 Å². The minimum absolute atomic E-state index is 0.0868. The summed E-state index contributed by atoms with van der Waals surface area (Å²) in [6, 6.07) is 8.19. The molecule has 1 aliphatic heterocycles. The van der Waals surface area contributed by atoms with Gasteiger partial charge in [-0.25, -0.2) is 0 Å². The lowest BCUT2D eigenvalue weighted by atomic mass is 9.99. The van der Waals surface area contributed by atoms with Gasteiger partial charge in [-0.3, -0.25) is 4.79 Å². The zero-order chi connectivity index (χ0) is 12.5. The van der Waals surface area contributed by atoms with Gasteiger partial charge in [0.05, 0.1) is 12.6 Å². The number of para-hydroxylation sites is 1. The Morgan fingerprint density at radius 3 is 2.89 bits per heavy atom. The van der Waals surface area contributed by atoms with Gasteiger partial charge < -0.3 is 15.3 Å². The Bertz CT molecular complexity index is 457. The summed E-state index contributed by atoms with van der Waals surface area (Å²) in [6.45, 7) is 1.12. The van der Waals surface area contributed by atoms with E-state index in [9.17, 15) is 9.90 Å². The van der Waals surface area contributed by atoms with Gasteiger partial charge in [0.15, 0.2) is 0 Å². The molecule has 0 aromatic heterocycles. The van der Waals surface area contributed by atoms with Crippen molar-refractivity contribution in [1.82, 2.24) is 5.32 Å². The monoisotopic (exact) mass is 246 g/mol. The number of rotatable bonds is 3. The highest BCUT2D eigenvalue weighted by Crippen LogP contribution is 2.33. The van der Waals surface area contributed by atoms with E-state index in [1.807, 2.05) is 24.3 Å². The van der Waals surface area contributed by atoms with Crippen molar-refractivity contribution in [2.24, 2.45) is 0 Å². The molecule has 0 spiro atoms. The summed E-state index contributed by atoms with van der Waals surface area (Å²) >= 11 is 0. The first kappa shape index (κ1) is 11.5. The van der Waals surface area contributed by atoms with Crippen molar-refractivity contribution >= 4 is 11.6 Å². The minimum Gasteiger partial charge on any atom is -0.388 e. The highest BCUT2D eigenvalue weighted by Gasteiger charge is 2.27. The Labute approximate surface area is 107 Å². The van der Waals surface area contributed by atoms with Crippen LogP contribution in [0.2, 0.25) is 0 Å². The molecular formula is C14H18N2O2. The van der Waals surface area contributed by atoms with E-state index in [0.29, 0.717) is 19.0 Å². The molecule has 1 fully saturated rings. The van der Waals surface area contributed by atoms with E-state index in [1.165, 1.54) is 0 Å². The lowest BCUT2D eigenvalue weighted by Crippen LogP contribution is -2.41. The first-order valence-corrected chi connectivity index (χ1v) is 6.55. The molecule has 1 unspecified atom stereocenters. The van der Waals surface area contributed by atoms with E-state index in [0.717, 1.165) is 30.6 Å². The van der Waals surface area contributed by atoms with Crippen LogP contribution < -0.4 is 10.2 Å². The van der Waals surface area contributed by atoms with Crippen molar-refractivity contribution in [2.75, 3.05) is 18.0 Å². The summed E-state index contributed by atoms with van der Waals surface area (Å²) < 4.78 is 0. The van der Waals surface area contributed by atoms with Gasteiger partial charge in [-0.05, 0) is 25.3 Å². The molecule has 2 N–H and O–H groups in total. The fourth-order valence-electron chi connectivity index (χ4n) is 2.45. The maximum atomic E-state index is 11.8. The average molecular weight is 246 g/mol. The molecule has 0 bridgehead atoms. The molecule has 18 heavy (non-hydrogen) atoms. The molecular weight excluding hydrogens is 228 g/mol. The van der Waals surface area contributed by atoms with Gasteiger partial charge in [0.1, 0.15) is 0 Å². The number of hydrogen-bond acceptors (Lipinski definition) is 3. The highest BCUT2D eigenvalue weighted by atomic mass is 16.3. The van der Waals surface area contributed by atoms with Gasteiger partial charge in [0, 0.05) is 23.8 Å². The first-order valence-electron chi connectivity index (χ1n) is 6.55. The Balaban J connectivity index is 1.73. The van der Waals surface area contributed by atoms with Gasteiger partial charge in [0.2, 0.25) is 5.91 Å². The van der Waals surface area contributed by atoms with E-state index >= 15 is 0 Å². The van der Waals surface area contributed by atoms with E-state index in [1.54, 1.807) is 0 Å². The van der Waals surface area contributed by atoms with Crippen LogP contribution in [0, 0.1) is 0 Å². The molecule has 1 amide bonds. The molecule has 1 atom stereocenters. The van der Waals surface area contributed by atoms with Crippen LogP contribution in [0.1, 0.15) is 30.9 Å². The highest BCUT2D eigenvalue weighted by molar-refractivity contribution is 5.82. The van der Waals surface area contributed by atoms with E-state index in [2.05, 4.69) is 10.2 Å². The van der Waals surface area contributed by atoms with E-state index in [4.69, 9.17) is 0 Å². The van der Waals surface area contributed by atoms with Crippen molar-refractivity contribution in [3.8, 4) is 0 Å². The topological polar surface area (TPSA) is 52.6 Å². The number of anilines is 1. The lowest BCUT2D eigenvalue weighted by Gasteiger charge is -2.33. The van der Waals surface area contributed by atoms with Crippen LogP contribution in [-0.4, -0.2) is 30.1 Å². The van der Waals surface area contributed by atoms with Crippen LogP contribution in [0.25, 0.3) is 0 Å². The van der Waals surface area contributed by atoms with Crippen LogP contribution in [0.3, 0.4) is 0 Å². The number of nitrogens with one attached hydrogen (secondary N) is 1. The maximum Gasteiger partial charge on any atom is 0.239 e. The van der Waals surface area contributed by atoms with Crippen molar-refractivity contribution < 1.29 is 9.90 Å². The summed E-state index contributed by atoms with van der Waals surface area (Å²) in [5.41, 5.74) is 1.92. The molecule has 0 saturated heterocycles. The van der Waals surface area contributed by atoms with Crippen LogP contribution in [0.4, 0.5) is 5.69 Å². The van der Waals surface area contributed by atoms with Crippen LogP contribution in [0.15, 0.2) is 24.3 Å². The number of hydrogen-bond donors (Lipinski definition) is 2. The fraction of sp³-hybridized carbons (Fsp3) is 0.500. The number of aliphatic hydroxyl groups is 1. The largest absolute Gasteiger partial charge is 0.388 e. The molecule has 1 aliphatic carbocycles. The third-order valence-corrected chi connectivity index (χ3v) is 3.59. The Morgan fingerprint density at radius 2 is 2.11 bits per heavy atom. The molecule has 1 aromatic rings. The van der Waals surface area contributed by atoms with Crippen LogP contribution in [-0.2, 0) is 4.79 Å². The van der Waals surface area contributed by atoms with Gasteiger partial charge in [-0.1, -0.05) is 18.2 Å². The van der Waals surface area contributed by atoms with Crippen molar-refractivity contribution in [1.29, 1.82) is 0 Å². The second kappa shape index (κ2) is 4.61. The Kier molecular flexibility index (Phi) is 2.96. The first-order chi connectivity index (χ1) is 8.74. The molecule has 1 aromatic carbocycles. The molecule has 1 heterocycles. The molecule has 2 aliphatic rings. The summed E-state index contributed by atoms with van der Waals surface area (Å²) in [7, 11) is 0. The number of nitrogens with zero attached hydrogens (tertiary/aromatic N) is 1. The van der Waals surface area contributed by atoms with Gasteiger partial charge in [-0.15, -0.1) is 0 Å². The number of carbonyl (C=O) groups excluding carboxylic acids is 1. The second-order valence-electron chi connectivity index (χ2n) is 5.13. The Hall–Kier alpha value is -1.55. The standard InChI is InChI=1S/C14H18N2O2/c17-13-7-8-16(9-14(18)15-10-5-6-10)12-4-2-1-3-11(12)13/h1-4,10,13,17H,5-9H2,(H,15,18). The SMILES string of the molecule is O=C(CN1CCC(O)c2ccccc21)NC1CC1. The zero-order valence-corrected chi connectivity index (χ0v) is 10.3. The Morgan fingerprint density at radius 1 is 1.33 bits per heavy atom. The molecule has 96 valence electrons. The van der Waals surface area contributed by atoms with Crippen molar-refractivity contribution in [3.63, 3.8) is 0 Å². The van der Waals surface area contributed by atoms with Crippen molar-refractivity contribution in [3.05, 3.63) is 29.8 Å². The minimum atomic E-state index is -0.399. The number of amides is 1. The summed E-state index contributed by atoms with van der Waals surface area (Å²) in [5.74, 6) is 0.0868. The van der Waals surface area contributed by atoms with E-state index < -0.39 is 6.10 Å². The lowest BCUT2D eigenvalue weighted by molar-refractivity contribution is -0.119. The zero-order valence-electron chi connectivity index (χ0n) is 10.3. The predicted octanol–water partition coefficient (Wildman–Crippen LogP) is 1.21. The second-order valence-corrected chi connectivity index (χ2v) is 5.13. The summed E-state index contributed by atoms with van der Waals surface area (Å²) in [4.78, 5) is 13.9. The fourth-order valence-corrected chi connectivity index (χ4v) is 2.45. The van der Waals surface area contributed by atoms with Crippen molar-refractivity contribution in [2.45, 2.75) is 31.4 Å². The van der Waals surface area contributed by atoms with Crippen LogP contribution >= 0.6 is 0 Å². The molecule has 4 nitrogen and oxygen atoms in total. The van der Waals surface area contributed by atoms with E-state index in [-0.39, 0.29) is 5.91 Å². The van der Waals surface area contributed by atoms with Gasteiger partial charge in [0.25, 0.3) is 0 Å². The normalized spacial score (nSPS) is 22.5. The smallest absolute Gasteiger partial charge is 0.239 e. The maximum absolute atomic E-state index is 11.8. The quantitative estimate of drug-likeness (QED) is 0.843. The third kappa shape index (κ3) is 2.34. The number of carbonyl (C=O) groups is 1. The number of benzene rings is 1.